The second kappa shape index (κ2) is 5.01. The molecular weight excluding hydrogens is 272 g/mol. The smallest absolute Gasteiger partial charge is 0.201 e. The third-order valence-corrected chi connectivity index (χ3v) is 3.50. The third-order valence-electron chi connectivity index (χ3n) is 3.50. The quantitative estimate of drug-likeness (QED) is 0.830. The van der Waals surface area contributed by atoms with Crippen LogP contribution < -0.4 is 9.47 Å². The number of fused-ring (bicyclic) bond motifs is 1. The minimum atomic E-state index is -0.497. The van der Waals surface area contributed by atoms with Crippen molar-refractivity contribution in [2.24, 2.45) is 0 Å². The maximum Gasteiger partial charge on any atom is 0.201 e. The van der Waals surface area contributed by atoms with Gasteiger partial charge < -0.3 is 19.7 Å². The summed E-state index contributed by atoms with van der Waals surface area (Å²) in [4.78, 5) is 12.3. The molecule has 3 rings (SSSR count). The van der Waals surface area contributed by atoms with E-state index in [-0.39, 0.29) is 40.8 Å². The zero-order chi connectivity index (χ0) is 15.0. The largest absolute Gasteiger partial charge is 0.507 e. The highest BCUT2D eigenvalue weighted by Crippen LogP contribution is 2.49. The van der Waals surface area contributed by atoms with Crippen molar-refractivity contribution < 1.29 is 24.5 Å². The monoisotopic (exact) mass is 286 g/mol. The Bertz CT molecular complexity index is 694. The maximum absolute atomic E-state index is 12.3. The number of rotatable bonds is 2. The molecule has 5 nitrogen and oxygen atoms in total. The molecule has 0 radical (unpaired) electrons. The van der Waals surface area contributed by atoms with Crippen molar-refractivity contribution in [1.82, 2.24) is 0 Å². The highest BCUT2D eigenvalue weighted by Gasteiger charge is 2.33. The number of phenolic OH excluding ortho intramolecular Hbond substituents is 2. The molecule has 1 unspecified atom stereocenters. The minimum Gasteiger partial charge on any atom is -0.507 e. The van der Waals surface area contributed by atoms with E-state index in [1.54, 1.807) is 0 Å². The summed E-state index contributed by atoms with van der Waals surface area (Å²) >= 11 is 0. The van der Waals surface area contributed by atoms with Crippen molar-refractivity contribution in [3.8, 4) is 23.0 Å². The fraction of sp³-hybridized carbons (Fsp3) is 0.188. The Kier molecular flexibility index (Phi) is 3.17. The van der Waals surface area contributed by atoms with Crippen LogP contribution in [0.15, 0.2) is 36.4 Å². The Hall–Kier alpha value is -2.69. The molecule has 1 aliphatic heterocycles. The summed E-state index contributed by atoms with van der Waals surface area (Å²) in [5.74, 6) is -0.777. The van der Waals surface area contributed by atoms with Crippen LogP contribution in [0.2, 0.25) is 0 Å². The van der Waals surface area contributed by atoms with Gasteiger partial charge in [0, 0.05) is 6.07 Å². The van der Waals surface area contributed by atoms with Crippen molar-refractivity contribution in [2.45, 2.75) is 12.5 Å². The highest BCUT2D eigenvalue weighted by molar-refractivity contribution is 6.03. The summed E-state index contributed by atoms with van der Waals surface area (Å²) in [6, 6.07) is 10.5. The van der Waals surface area contributed by atoms with Crippen molar-refractivity contribution in [2.75, 3.05) is 7.11 Å². The first-order chi connectivity index (χ1) is 10.1. The van der Waals surface area contributed by atoms with Gasteiger partial charge in [0.2, 0.25) is 5.75 Å². The van der Waals surface area contributed by atoms with E-state index in [4.69, 9.17) is 9.47 Å². The van der Waals surface area contributed by atoms with E-state index in [2.05, 4.69) is 0 Å². The van der Waals surface area contributed by atoms with E-state index in [1.165, 1.54) is 13.2 Å². The van der Waals surface area contributed by atoms with Crippen LogP contribution in [0.5, 0.6) is 23.0 Å². The van der Waals surface area contributed by atoms with Gasteiger partial charge in [0.1, 0.15) is 17.4 Å². The lowest BCUT2D eigenvalue weighted by Crippen LogP contribution is -2.20. The molecule has 2 N–H and O–H groups in total. The van der Waals surface area contributed by atoms with Crippen LogP contribution in [-0.4, -0.2) is 23.1 Å². The van der Waals surface area contributed by atoms with Crippen LogP contribution in [0.3, 0.4) is 0 Å². The van der Waals surface area contributed by atoms with Crippen LogP contribution in [0.25, 0.3) is 0 Å². The molecule has 108 valence electrons. The lowest BCUT2D eigenvalue weighted by atomic mass is 9.95. The van der Waals surface area contributed by atoms with Gasteiger partial charge in [0.05, 0.1) is 13.5 Å². The van der Waals surface area contributed by atoms with E-state index in [0.29, 0.717) is 0 Å². The summed E-state index contributed by atoms with van der Waals surface area (Å²) in [6.45, 7) is 0. The van der Waals surface area contributed by atoms with E-state index in [0.717, 1.165) is 5.56 Å². The molecule has 0 fully saturated rings. The van der Waals surface area contributed by atoms with Gasteiger partial charge >= 0.3 is 0 Å². The number of carbonyl (C=O) groups excluding carboxylic acids is 1. The number of ketones is 1. The number of phenols is 2. The average molecular weight is 286 g/mol. The van der Waals surface area contributed by atoms with Crippen molar-refractivity contribution in [3.05, 3.63) is 47.5 Å². The van der Waals surface area contributed by atoms with Crippen molar-refractivity contribution in [3.63, 3.8) is 0 Å². The molecule has 0 aromatic heterocycles. The molecule has 21 heavy (non-hydrogen) atoms. The molecule has 1 atom stereocenters. The van der Waals surface area contributed by atoms with Gasteiger partial charge in [0.15, 0.2) is 17.3 Å². The Labute approximate surface area is 121 Å². The molecule has 0 aliphatic carbocycles. The van der Waals surface area contributed by atoms with Gasteiger partial charge in [-0.1, -0.05) is 30.3 Å². The summed E-state index contributed by atoms with van der Waals surface area (Å²) < 4.78 is 10.7. The molecule has 0 saturated heterocycles. The van der Waals surface area contributed by atoms with Crippen LogP contribution in [0, 0.1) is 0 Å². The molecule has 2 aromatic carbocycles. The van der Waals surface area contributed by atoms with E-state index in [9.17, 15) is 15.0 Å². The lowest BCUT2D eigenvalue weighted by Gasteiger charge is -2.27. The van der Waals surface area contributed by atoms with Crippen LogP contribution >= 0.6 is 0 Å². The van der Waals surface area contributed by atoms with E-state index < -0.39 is 6.10 Å². The van der Waals surface area contributed by atoms with Gasteiger partial charge in [-0.3, -0.25) is 4.79 Å². The number of hydrogen-bond acceptors (Lipinski definition) is 5. The first kappa shape index (κ1) is 13.3. The summed E-state index contributed by atoms with van der Waals surface area (Å²) in [5, 5.41) is 20.1. The standard InChI is InChI=1S/C16H14O5/c1-20-13-8-11(18)14-10(17)7-12(21-16(14)15(13)19)9-5-3-2-4-6-9/h2-6,8,12,18-19H,7H2,1H3. The topological polar surface area (TPSA) is 76.0 Å². The number of ether oxygens (including phenoxy) is 2. The zero-order valence-electron chi connectivity index (χ0n) is 11.4. The maximum atomic E-state index is 12.3. The number of benzene rings is 2. The Morgan fingerprint density at radius 3 is 2.62 bits per heavy atom. The summed E-state index contributed by atoms with van der Waals surface area (Å²) in [6.07, 6.45) is -0.389. The zero-order valence-corrected chi connectivity index (χ0v) is 11.4. The first-order valence-electron chi connectivity index (χ1n) is 6.49. The number of methoxy groups -OCH3 is 1. The SMILES string of the molecule is COc1cc(O)c2c(c1O)OC(c1ccccc1)CC2=O. The molecule has 1 heterocycles. The fourth-order valence-electron chi connectivity index (χ4n) is 2.46. The molecule has 5 heteroatoms. The normalized spacial score (nSPS) is 17.0. The predicted molar refractivity (Wildman–Crippen MR) is 75.1 cm³/mol. The van der Waals surface area contributed by atoms with Gasteiger partial charge in [0.25, 0.3) is 0 Å². The van der Waals surface area contributed by atoms with Crippen molar-refractivity contribution in [1.29, 1.82) is 0 Å². The Balaban J connectivity index is 2.09. The fourth-order valence-corrected chi connectivity index (χ4v) is 2.46. The number of Topliss-reactive ketones (excluding diaryl/α,β-unsaturated/α-hetero) is 1. The third kappa shape index (κ3) is 2.16. The van der Waals surface area contributed by atoms with Gasteiger partial charge in [-0.15, -0.1) is 0 Å². The van der Waals surface area contributed by atoms with E-state index in [1.807, 2.05) is 30.3 Å². The highest BCUT2D eigenvalue weighted by atomic mass is 16.5. The van der Waals surface area contributed by atoms with Gasteiger partial charge in [-0.2, -0.15) is 0 Å². The van der Waals surface area contributed by atoms with Crippen LogP contribution in [0.1, 0.15) is 28.4 Å². The summed E-state index contributed by atoms with van der Waals surface area (Å²) in [7, 11) is 1.36. The van der Waals surface area contributed by atoms with Crippen molar-refractivity contribution >= 4 is 5.78 Å². The lowest BCUT2D eigenvalue weighted by molar-refractivity contribution is 0.0836. The molecule has 1 aliphatic rings. The average Bonchev–Trinajstić information content (AvgIpc) is 2.51. The summed E-state index contributed by atoms with van der Waals surface area (Å²) in [5.41, 5.74) is 0.832. The predicted octanol–water partition coefficient (Wildman–Crippen LogP) is 2.81. The number of carbonyl (C=O) groups is 1. The molecule has 0 amide bonds. The van der Waals surface area contributed by atoms with Gasteiger partial charge in [-0.25, -0.2) is 0 Å². The second-order valence-corrected chi connectivity index (χ2v) is 4.80. The first-order valence-corrected chi connectivity index (χ1v) is 6.49. The molecule has 0 bridgehead atoms. The van der Waals surface area contributed by atoms with E-state index >= 15 is 0 Å². The molecule has 0 spiro atoms. The molecule has 0 saturated carbocycles. The number of aromatic hydroxyl groups is 2. The minimum absolute atomic E-state index is 0.000445. The molecule has 2 aromatic rings. The molecular formula is C16H14O5. The Morgan fingerprint density at radius 2 is 1.95 bits per heavy atom. The van der Waals surface area contributed by atoms with Gasteiger partial charge in [-0.05, 0) is 5.56 Å². The Morgan fingerprint density at radius 1 is 1.24 bits per heavy atom. The number of hydrogen-bond donors (Lipinski definition) is 2. The van der Waals surface area contributed by atoms with Crippen LogP contribution in [0.4, 0.5) is 0 Å². The second-order valence-electron chi connectivity index (χ2n) is 4.80. The van der Waals surface area contributed by atoms with Crippen LogP contribution in [-0.2, 0) is 0 Å².